The van der Waals surface area contributed by atoms with E-state index < -0.39 is 24.3 Å². The van der Waals surface area contributed by atoms with E-state index in [0.717, 1.165) is 38.5 Å². The average Bonchev–Trinajstić information content (AvgIpc) is 3.23. The first-order chi connectivity index (χ1) is 30.1. The topological polar surface area (TPSA) is 111 Å². The summed E-state index contributed by atoms with van der Waals surface area (Å²) in [5, 5.41) is 11.7. The number of carbonyl (C=O) groups excluding carboxylic acids is 3. The number of hydrogen-bond donors (Lipinski definition) is 0. The molecule has 9 heteroatoms. The van der Waals surface area contributed by atoms with Crippen LogP contribution in [0.4, 0.5) is 0 Å². The molecule has 0 amide bonds. The molecule has 0 aromatic heterocycles. The van der Waals surface area contributed by atoms with Gasteiger partial charge < -0.3 is 33.3 Å². The third-order valence-electron chi connectivity index (χ3n) is 12.1. The average molecular weight is 882 g/mol. The summed E-state index contributed by atoms with van der Waals surface area (Å²) < 4.78 is 22.6. The van der Waals surface area contributed by atoms with Gasteiger partial charge in [-0.05, 0) is 12.8 Å². The molecule has 0 bridgehead atoms. The van der Waals surface area contributed by atoms with Crippen LogP contribution in [-0.2, 0) is 33.3 Å². The van der Waals surface area contributed by atoms with Crippen LogP contribution in [0.15, 0.2) is 0 Å². The largest absolute Gasteiger partial charge is 0.545 e. The van der Waals surface area contributed by atoms with Crippen LogP contribution in [0.1, 0.15) is 264 Å². The zero-order valence-corrected chi connectivity index (χ0v) is 41.8. The van der Waals surface area contributed by atoms with Gasteiger partial charge in [0.15, 0.2) is 12.4 Å². The molecule has 2 unspecified atom stereocenters. The van der Waals surface area contributed by atoms with Crippen molar-refractivity contribution in [1.29, 1.82) is 0 Å². The van der Waals surface area contributed by atoms with E-state index in [1.807, 2.05) is 21.1 Å². The van der Waals surface area contributed by atoms with Crippen molar-refractivity contribution in [2.75, 3.05) is 47.5 Å². The lowest BCUT2D eigenvalue weighted by molar-refractivity contribution is -0.870. The monoisotopic (exact) mass is 882 g/mol. The fourth-order valence-corrected chi connectivity index (χ4v) is 7.95. The van der Waals surface area contributed by atoms with Gasteiger partial charge in [0, 0.05) is 12.8 Å². The van der Waals surface area contributed by atoms with Crippen molar-refractivity contribution in [3.8, 4) is 0 Å². The summed E-state index contributed by atoms with van der Waals surface area (Å²) in [6.45, 7) is 4.75. The molecular weight excluding hydrogens is 779 g/mol. The number of likely N-dealkylation sites (N-methyl/N-ethyl adjacent to an activating group) is 1. The first-order valence-corrected chi connectivity index (χ1v) is 26.7. The lowest BCUT2D eigenvalue weighted by atomic mass is 10.0. The van der Waals surface area contributed by atoms with Crippen LogP contribution in [0.5, 0.6) is 0 Å². The highest BCUT2D eigenvalue weighted by atomic mass is 16.7. The smallest absolute Gasteiger partial charge is 0.306 e. The van der Waals surface area contributed by atoms with Gasteiger partial charge in [-0.25, -0.2) is 0 Å². The lowest BCUT2D eigenvalue weighted by Gasteiger charge is -2.26. The number of aliphatic carboxylic acids is 1. The van der Waals surface area contributed by atoms with E-state index in [4.69, 9.17) is 18.9 Å². The second-order valence-corrected chi connectivity index (χ2v) is 19.5. The molecule has 9 nitrogen and oxygen atoms in total. The Bertz CT molecular complexity index is 985. The van der Waals surface area contributed by atoms with E-state index in [-0.39, 0.29) is 32.2 Å². The third-order valence-corrected chi connectivity index (χ3v) is 12.1. The maximum atomic E-state index is 12.8. The van der Waals surface area contributed by atoms with Crippen LogP contribution in [0.25, 0.3) is 0 Å². The normalized spacial score (nSPS) is 12.7. The molecule has 0 aromatic rings. The number of carbonyl (C=O) groups is 3. The molecule has 0 saturated heterocycles. The molecule has 0 aromatic carbocycles. The molecule has 0 saturated carbocycles. The van der Waals surface area contributed by atoms with Gasteiger partial charge in [-0.2, -0.15) is 0 Å². The number of esters is 2. The van der Waals surface area contributed by atoms with Crippen LogP contribution in [0.2, 0.25) is 0 Å². The highest BCUT2D eigenvalue weighted by Crippen LogP contribution is 2.17. The first-order valence-electron chi connectivity index (χ1n) is 26.7. The predicted octanol–water partition coefficient (Wildman–Crippen LogP) is 13.5. The summed E-state index contributed by atoms with van der Waals surface area (Å²) >= 11 is 0. The van der Waals surface area contributed by atoms with Gasteiger partial charge in [-0.15, -0.1) is 0 Å². The Labute approximate surface area is 383 Å². The molecule has 0 aliphatic rings. The Kier molecular flexibility index (Phi) is 44.6. The summed E-state index contributed by atoms with van der Waals surface area (Å²) in [5.41, 5.74) is 0. The van der Waals surface area contributed by atoms with Gasteiger partial charge in [0.2, 0.25) is 0 Å². The zero-order valence-electron chi connectivity index (χ0n) is 41.8. The number of ether oxygens (including phenoxy) is 4. The predicted molar refractivity (Wildman–Crippen MR) is 256 cm³/mol. The Hall–Kier alpha value is -1.71. The summed E-state index contributed by atoms with van der Waals surface area (Å²) in [5.74, 6) is -2.27. The van der Waals surface area contributed by atoms with Crippen LogP contribution in [0.3, 0.4) is 0 Å². The molecule has 0 radical (unpaired) electrons. The van der Waals surface area contributed by atoms with Gasteiger partial charge in [-0.1, -0.05) is 239 Å². The number of unbranched alkanes of at least 4 members (excludes halogenated alkanes) is 35. The molecule has 0 aliphatic heterocycles. The Balaban J connectivity index is 4.00. The van der Waals surface area contributed by atoms with Crippen LogP contribution < -0.4 is 5.11 Å². The molecule has 2 atom stereocenters. The number of quaternary nitrogens is 1. The van der Waals surface area contributed by atoms with Crippen molar-refractivity contribution in [3.05, 3.63) is 0 Å². The molecule has 0 fully saturated rings. The zero-order chi connectivity index (χ0) is 45.6. The van der Waals surface area contributed by atoms with E-state index in [9.17, 15) is 19.5 Å². The van der Waals surface area contributed by atoms with Crippen molar-refractivity contribution in [2.45, 2.75) is 277 Å². The van der Waals surface area contributed by atoms with Crippen LogP contribution in [0, 0.1) is 0 Å². The van der Waals surface area contributed by atoms with Crippen molar-refractivity contribution >= 4 is 17.9 Å². The summed E-state index contributed by atoms with van der Waals surface area (Å²) in [6, 6.07) is 0. The molecular formula is C53H103NO8. The molecule has 0 spiro atoms. The fourth-order valence-electron chi connectivity index (χ4n) is 7.95. The number of nitrogens with zero attached hydrogens (tertiary/aromatic N) is 1. The van der Waals surface area contributed by atoms with Crippen molar-refractivity contribution in [3.63, 3.8) is 0 Å². The van der Waals surface area contributed by atoms with E-state index >= 15 is 0 Å². The third kappa shape index (κ3) is 46.3. The minimum absolute atomic E-state index is 0.153. The first kappa shape index (κ1) is 60.3. The summed E-state index contributed by atoms with van der Waals surface area (Å²) in [6.07, 6.45) is 46.1. The molecule has 368 valence electrons. The lowest BCUT2D eigenvalue weighted by Crippen LogP contribution is -2.44. The van der Waals surface area contributed by atoms with Crippen LogP contribution in [-0.4, -0.2) is 82.3 Å². The highest BCUT2D eigenvalue weighted by molar-refractivity contribution is 5.70. The van der Waals surface area contributed by atoms with E-state index in [0.29, 0.717) is 17.4 Å². The Morgan fingerprint density at radius 2 is 0.726 bits per heavy atom. The van der Waals surface area contributed by atoms with E-state index in [1.165, 1.54) is 199 Å². The maximum Gasteiger partial charge on any atom is 0.306 e. The standard InChI is InChI=1S/C53H103NO8/c1-6-8-10-12-14-16-17-18-19-20-21-22-23-24-25-26-27-28-29-30-31-32-33-34-35-36-38-40-42-44-51(56)62-49(48-61-53(52(57)58)59-46-45-54(3,4)5)47-60-50(55)43-41-39-37-15-13-11-9-7-2/h49,53H,6-48H2,1-5H3. The number of carboxylic acids is 1. The molecule has 0 N–H and O–H groups in total. The molecule has 0 rings (SSSR count). The molecule has 0 aliphatic carbocycles. The van der Waals surface area contributed by atoms with Crippen molar-refractivity contribution in [2.24, 2.45) is 0 Å². The van der Waals surface area contributed by atoms with Crippen LogP contribution >= 0.6 is 0 Å². The molecule has 62 heavy (non-hydrogen) atoms. The summed E-state index contributed by atoms with van der Waals surface area (Å²) in [4.78, 5) is 36.9. The maximum absolute atomic E-state index is 12.8. The van der Waals surface area contributed by atoms with Gasteiger partial charge in [0.1, 0.15) is 13.2 Å². The Morgan fingerprint density at radius 3 is 1.03 bits per heavy atom. The van der Waals surface area contributed by atoms with E-state index in [2.05, 4.69) is 13.8 Å². The molecule has 0 heterocycles. The second-order valence-electron chi connectivity index (χ2n) is 19.5. The quantitative estimate of drug-likeness (QED) is 0.0257. The second kappa shape index (κ2) is 45.8. The SMILES string of the molecule is CCCCCCCCCCCCCCCCCCCCCCCCCCCCCCCC(=O)OC(COC(=O)CCCCCCCCCC)COC(OCC[N+](C)(C)C)C(=O)[O-]. The summed E-state index contributed by atoms with van der Waals surface area (Å²) in [7, 11) is 5.92. The number of hydrogen-bond acceptors (Lipinski definition) is 8. The van der Waals surface area contributed by atoms with Gasteiger partial charge >= 0.3 is 11.9 Å². The van der Waals surface area contributed by atoms with E-state index in [1.54, 1.807) is 0 Å². The number of rotatable bonds is 50. The highest BCUT2D eigenvalue weighted by Gasteiger charge is 2.22. The minimum atomic E-state index is -1.61. The fraction of sp³-hybridized carbons (Fsp3) is 0.943. The van der Waals surface area contributed by atoms with Crippen molar-refractivity contribution < 1.29 is 42.9 Å². The van der Waals surface area contributed by atoms with Gasteiger partial charge in [-0.3, -0.25) is 9.59 Å². The Morgan fingerprint density at radius 1 is 0.419 bits per heavy atom. The van der Waals surface area contributed by atoms with Gasteiger partial charge in [0.25, 0.3) is 0 Å². The number of carboxylic acid groups (broad SMARTS) is 1. The van der Waals surface area contributed by atoms with Gasteiger partial charge in [0.05, 0.1) is 40.3 Å². The minimum Gasteiger partial charge on any atom is -0.545 e. The van der Waals surface area contributed by atoms with Crippen molar-refractivity contribution in [1.82, 2.24) is 0 Å².